The summed E-state index contributed by atoms with van der Waals surface area (Å²) in [4.78, 5) is 19.7. The first kappa shape index (κ1) is 16.9. The van der Waals surface area contributed by atoms with Crippen LogP contribution >= 0.6 is 11.3 Å². The lowest BCUT2D eigenvalue weighted by atomic mass is 9.97. The highest BCUT2D eigenvalue weighted by Crippen LogP contribution is 2.43. The predicted molar refractivity (Wildman–Crippen MR) is 104 cm³/mol. The van der Waals surface area contributed by atoms with Crippen molar-refractivity contribution in [2.24, 2.45) is 0 Å². The van der Waals surface area contributed by atoms with Gasteiger partial charge in [-0.25, -0.2) is 9.78 Å². The monoisotopic (exact) mass is 411 g/mol. The zero-order valence-electron chi connectivity index (χ0n) is 15.3. The van der Waals surface area contributed by atoms with Crippen LogP contribution in [-0.4, -0.2) is 47.0 Å². The van der Waals surface area contributed by atoms with Gasteiger partial charge in [0.25, 0.3) is 0 Å². The van der Waals surface area contributed by atoms with Crippen molar-refractivity contribution in [2.45, 2.75) is 24.9 Å². The summed E-state index contributed by atoms with van der Waals surface area (Å²) < 4.78 is 17.0. The third-order valence-electron chi connectivity index (χ3n) is 5.64. The average molecular weight is 411 g/mol. The Morgan fingerprint density at radius 2 is 2.10 bits per heavy atom. The number of ether oxygens (including phenoxy) is 2. The fourth-order valence-corrected chi connectivity index (χ4v) is 5.34. The molecule has 0 spiro atoms. The second-order valence-corrected chi connectivity index (χ2v) is 8.35. The largest absolute Gasteiger partial charge is 0.462 e. The smallest absolute Gasteiger partial charge is 0.338 e. The van der Waals surface area contributed by atoms with Crippen molar-refractivity contribution in [3.8, 4) is 11.5 Å². The fraction of sp³-hybridized carbons (Fsp3) is 0.368. The molecule has 1 saturated heterocycles. The maximum Gasteiger partial charge on any atom is 0.338 e. The van der Waals surface area contributed by atoms with Crippen molar-refractivity contribution < 1.29 is 18.7 Å². The van der Waals surface area contributed by atoms with E-state index in [1.165, 1.54) is 11.3 Å². The highest BCUT2D eigenvalue weighted by Gasteiger charge is 2.43. The zero-order chi connectivity index (χ0) is 19.5. The molecular formula is C19H17N5O4S. The second-order valence-electron chi connectivity index (χ2n) is 7.29. The van der Waals surface area contributed by atoms with Gasteiger partial charge < -0.3 is 24.5 Å². The van der Waals surface area contributed by atoms with E-state index in [1.807, 2.05) is 6.07 Å². The number of rotatable bonds is 2. The van der Waals surface area contributed by atoms with Crippen LogP contribution < -0.4 is 10.6 Å². The standard InChI is InChI=1S/C19H17N5O4S/c20-18-21-13-6-9-7-26-8-14(15(13)29-18)24(9)19-23-22-16(28-19)11-2-1-3-12-10(11)4-5-27-17(12)25/h1-3,9,14H,4-8H2,(H2,20,21)/t9-,14-/m0/s1. The van der Waals surface area contributed by atoms with Crippen LogP contribution in [0.5, 0.6) is 0 Å². The van der Waals surface area contributed by atoms with E-state index in [0.717, 1.165) is 28.1 Å². The zero-order valence-corrected chi connectivity index (χ0v) is 16.1. The molecule has 3 aliphatic heterocycles. The van der Waals surface area contributed by atoms with Gasteiger partial charge in [0.15, 0.2) is 5.13 Å². The molecule has 1 fully saturated rings. The number of esters is 1. The maximum absolute atomic E-state index is 12.0. The van der Waals surface area contributed by atoms with E-state index in [9.17, 15) is 4.79 Å². The molecule has 9 nitrogen and oxygen atoms in total. The second kappa shape index (κ2) is 6.26. The Bertz CT molecular complexity index is 1130. The van der Waals surface area contributed by atoms with Crippen molar-refractivity contribution in [1.29, 1.82) is 0 Å². The average Bonchev–Trinajstić information content (AvgIpc) is 3.34. The van der Waals surface area contributed by atoms with Gasteiger partial charge in [0.1, 0.15) is 0 Å². The third kappa shape index (κ3) is 2.56. The number of cyclic esters (lactones) is 1. The lowest BCUT2D eigenvalue weighted by molar-refractivity contribution is 0.0480. The van der Waals surface area contributed by atoms with E-state index in [1.54, 1.807) is 12.1 Å². The van der Waals surface area contributed by atoms with Crippen molar-refractivity contribution in [3.63, 3.8) is 0 Å². The molecule has 29 heavy (non-hydrogen) atoms. The Morgan fingerprint density at radius 3 is 3.03 bits per heavy atom. The summed E-state index contributed by atoms with van der Waals surface area (Å²) in [6, 6.07) is 5.94. The van der Waals surface area contributed by atoms with Gasteiger partial charge >= 0.3 is 12.0 Å². The molecule has 0 saturated carbocycles. The number of thiazole rings is 1. The van der Waals surface area contributed by atoms with E-state index < -0.39 is 0 Å². The molecule has 2 N–H and O–H groups in total. The molecule has 0 unspecified atom stereocenters. The number of benzene rings is 1. The van der Waals surface area contributed by atoms with Crippen molar-refractivity contribution in [3.05, 3.63) is 39.9 Å². The Labute approximate surface area is 169 Å². The lowest BCUT2D eigenvalue weighted by Crippen LogP contribution is -2.51. The van der Waals surface area contributed by atoms with Gasteiger partial charge in [0.05, 0.1) is 48.0 Å². The van der Waals surface area contributed by atoms with Crippen LogP contribution in [0.25, 0.3) is 11.5 Å². The Hall–Kier alpha value is -2.98. The number of carbonyl (C=O) groups excluding carboxylic acids is 1. The third-order valence-corrected chi connectivity index (χ3v) is 6.67. The lowest BCUT2D eigenvalue weighted by Gasteiger charge is -2.43. The summed E-state index contributed by atoms with van der Waals surface area (Å²) in [5.41, 5.74) is 9.20. The van der Waals surface area contributed by atoms with E-state index in [0.29, 0.717) is 48.8 Å². The number of hydrogen-bond acceptors (Lipinski definition) is 10. The normalized spacial score (nSPS) is 22.8. The molecule has 1 aromatic carbocycles. The summed E-state index contributed by atoms with van der Waals surface area (Å²) >= 11 is 1.48. The summed E-state index contributed by atoms with van der Waals surface area (Å²) in [6.45, 7) is 1.44. The van der Waals surface area contributed by atoms with E-state index in [-0.39, 0.29) is 18.1 Å². The maximum atomic E-state index is 12.0. The number of hydrogen-bond donors (Lipinski definition) is 1. The number of nitrogen functional groups attached to an aromatic ring is 1. The number of nitrogens with zero attached hydrogens (tertiary/aromatic N) is 4. The minimum atomic E-state index is -0.314. The molecule has 0 amide bonds. The minimum absolute atomic E-state index is 0.0414. The Morgan fingerprint density at radius 1 is 1.21 bits per heavy atom. The van der Waals surface area contributed by atoms with Gasteiger partial charge in [-0.3, -0.25) is 0 Å². The SMILES string of the molecule is Nc1nc2c(s1)[C@@H]1COC[C@H](C2)N1c1nnc(-c2cccc3c2CCOC3=O)o1. The molecule has 0 aliphatic carbocycles. The quantitative estimate of drug-likeness (QED) is 0.632. The number of morpholine rings is 1. The van der Waals surface area contributed by atoms with Gasteiger partial charge in [-0.05, 0) is 17.7 Å². The summed E-state index contributed by atoms with van der Waals surface area (Å²) in [7, 11) is 0. The van der Waals surface area contributed by atoms with E-state index in [4.69, 9.17) is 19.6 Å². The molecule has 2 bridgehead atoms. The first-order valence-corrected chi connectivity index (χ1v) is 10.2. The summed E-state index contributed by atoms with van der Waals surface area (Å²) in [5, 5.41) is 9.20. The van der Waals surface area contributed by atoms with Gasteiger partial charge in [-0.15, -0.1) is 5.10 Å². The Balaban J connectivity index is 1.40. The topological polar surface area (TPSA) is 117 Å². The molecular weight excluding hydrogens is 394 g/mol. The molecule has 6 rings (SSSR count). The number of aromatic nitrogens is 3. The van der Waals surface area contributed by atoms with Crippen molar-refractivity contribution in [1.82, 2.24) is 15.2 Å². The van der Waals surface area contributed by atoms with Crippen LogP contribution in [-0.2, 0) is 22.3 Å². The Kier molecular flexibility index (Phi) is 3.65. The van der Waals surface area contributed by atoms with Gasteiger partial charge in [-0.2, -0.15) is 0 Å². The van der Waals surface area contributed by atoms with Crippen LogP contribution in [0.1, 0.15) is 32.5 Å². The molecule has 3 aromatic rings. The molecule has 148 valence electrons. The molecule has 2 atom stereocenters. The van der Waals surface area contributed by atoms with Crippen molar-refractivity contribution in [2.75, 3.05) is 30.5 Å². The molecule has 0 radical (unpaired) electrons. The first-order valence-electron chi connectivity index (χ1n) is 9.43. The molecule has 10 heteroatoms. The number of carbonyl (C=O) groups is 1. The first-order chi connectivity index (χ1) is 14.2. The highest BCUT2D eigenvalue weighted by atomic mass is 32.1. The van der Waals surface area contributed by atoms with Gasteiger partial charge in [0.2, 0.25) is 5.89 Å². The number of fused-ring (bicyclic) bond motifs is 5. The van der Waals surface area contributed by atoms with Crippen molar-refractivity contribution >= 4 is 28.5 Å². The van der Waals surface area contributed by atoms with E-state index in [2.05, 4.69) is 20.1 Å². The van der Waals surface area contributed by atoms with Crippen LogP contribution in [0, 0.1) is 0 Å². The van der Waals surface area contributed by atoms with Crippen LogP contribution in [0.2, 0.25) is 0 Å². The predicted octanol–water partition coefficient (Wildman–Crippen LogP) is 1.99. The van der Waals surface area contributed by atoms with Crippen LogP contribution in [0.4, 0.5) is 11.1 Å². The molecule has 3 aliphatic rings. The molecule has 2 aromatic heterocycles. The highest BCUT2D eigenvalue weighted by molar-refractivity contribution is 7.15. The van der Waals surface area contributed by atoms with E-state index >= 15 is 0 Å². The summed E-state index contributed by atoms with van der Waals surface area (Å²) in [5.74, 6) is 0.0889. The van der Waals surface area contributed by atoms with Crippen LogP contribution in [0.3, 0.4) is 0 Å². The van der Waals surface area contributed by atoms with Crippen LogP contribution in [0.15, 0.2) is 22.6 Å². The summed E-state index contributed by atoms with van der Waals surface area (Å²) in [6.07, 6.45) is 1.35. The fourth-order valence-electron chi connectivity index (χ4n) is 4.39. The van der Waals surface area contributed by atoms with Gasteiger partial charge in [0, 0.05) is 18.4 Å². The molecule has 5 heterocycles. The van der Waals surface area contributed by atoms with Gasteiger partial charge in [-0.1, -0.05) is 22.5 Å². The number of anilines is 2. The number of nitrogens with two attached hydrogens (primary N) is 1. The minimum Gasteiger partial charge on any atom is -0.462 e.